The van der Waals surface area contributed by atoms with Crippen LogP contribution in [0.2, 0.25) is 0 Å². The van der Waals surface area contributed by atoms with Crippen LogP contribution in [0.4, 0.5) is 4.39 Å². The number of amides is 2. The Morgan fingerprint density at radius 1 is 1.12 bits per heavy atom. The molecule has 0 aliphatic carbocycles. The van der Waals surface area contributed by atoms with Crippen molar-refractivity contribution in [2.24, 2.45) is 5.92 Å². The highest BCUT2D eigenvalue weighted by Gasteiger charge is 2.14. The Kier molecular flexibility index (Phi) is 9.34. The number of halogens is 2. The Labute approximate surface area is 148 Å². The second kappa shape index (κ2) is 11.0. The first-order valence-corrected chi connectivity index (χ1v) is 8.17. The zero-order valence-corrected chi connectivity index (χ0v) is 14.5. The minimum Gasteiger partial charge on any atom is -0.354 e. The van der Waals surface area contributed by atoms with E-state index < -0.39 is 11.7 Å². The van der Waals surface area contributed by atoms with Crippen LogP contribution in [0.5, 0.6) is 0 Å². The van der Waals surface area contributed by atoms with Gasteiger partial charge in [-0.05, 0) is 50.4 Å². The predicted molar refractivity (Wildman–Crippen MR) is 93.8 cm³/mol. The smallest absolute Gasteiger partial charge is 0.254 e. The van der Waals surface area contributed by atoms with Gasteiger partial charge in [-0.1, -0.05) is 12.1 Å². The average molecular weight is 358 g/mol. The van der Waals surface area contributed by atoms with E-state index >= 15 is 0 Å². The molecule has 2 rings (SSSR count). The van der Waals surface area contributed by atoms with E-state index in [4.69, 9.17) is 0 Å². The highest BCUT2D eigenvalue weighted by Crippen LogP contribution is 2.17. The molecule has 1 aliphatic heterocycles. The Morgan fingerprint density at radius 3 is 2.50 bits per heavy atom. The first-order chi connectivity index (χ1) is 11.2. The number of piperidine rings is 1. The van der Waals surface area contributed by atoms with E-state index in [1.54, 1.807) is 6.07 Å². The third kappa shape index (κ3) is 6.84. The van der Waals surface area contributed by atoms with Crippen LogP contribution in [0.25, 0.3) is 0 Å². The third-order valence-electron chi connectivity index (χ3n) is 4.09. The number of carbonyl (C=O) groups is 2. The topological polar surface area (TPSA) is 70.2 Å². The van der Waals surface area contributed by atoms with Crippen molar-refractivity contribution in [1.29, 1.82) is 0 Å². The number of rotatable bonds is 7. The summed E-state index contributed by atoms with van der Waals surface area (Å²) < 4.78 is 13.4. The van der Waals surface area contributed by atoms with Gasteiger partial charge in [-0.25, -0.2) is 4.39 Å². The van der Waals surface area contributed by atoms with E-state index in [1.807, 2.05) is 0 Å². The molecule has 1 fully saturated rings. The van der Waals surface area contributed by atoms with Crippen molar-refractivity contribution in [3.63, 3.8) is 0 Å². The minimum atomic E-state index is -0.545. The lowest BCUT2D eigenvalue weighted by molar-refractivity contribution is -0.121. The molecule has 24 heavy (non-hydrogen) atoms. The monoisotopic (exact) mass is 357 g/mol. The molecule has 0 saturated carbocycles. The van der Waals surface area contributed by atoms with Gasteiger partial charge in [0.05, 0.1) is 5.56 Å². The number of nitrogens with one attached hydrogen (secondary N) is 3. The van der Waals surface area contributed by atoms with Gasteiger partial charge < -0.3 is 16.0 Å². The first-order valence-electron chi connectivity index (χ1n) is 8.17. The molecule has 0 spiro atoms. The van der Waals surface area contributed by atoms with E-state index in [1.165, 1.54) is 18.2 Å². The second-order valence-corrected chi connectivity index (χ2v) is 5.82. The summed E-state index contributed by atoms with van der Waals surface area (Å²) in [6.07, 6.45) is 3.69. The molecule has 0 bridgehead atoms. The summed E-state index contributed by atoms with van der Waals surface area (Å²) in [5.74, 6) is -0.380. The summed E-state index contributed by atoms with van der Waals surface area (Å²) in [6.45, 7) is 2.71. The quantitative estimate of drug-likeness (QED) is 0.652. The second-order valence-electron chi connectivity index (χ2n) is 5.82. The zero-order valence-electron chi connectivity index (χ0n) is 13.6. The lowest BCUT2D eigenvalue weighted by atomic mass is 9.93. The summed E-state index contributed by atoms with van der Waals surface area (Å²) in [6, 6.07) is 5.83. The van der Waals surface area contributed by atoms with Crippen LogP contribution in [-0.4, -0.2) is 38.0 Å². The van der Waals surface area contributed by atoms with Crippen molar-refractivity contribution in [1.82, 2.24) is 16.0 Å². The number of hydrogen-bond acceptors (Lipinski definition) is 3. The van der Waals surface area contributed by atoms with E-state index in [0.717, 1.165) is 32.4 Å². The normalized spacial score (nSPS) is 14.5. The molecule has 2 amide bonds. The van der Waals surface area contributed by atoms with E-state index in [9.17, 15) is 14.0 Å². The molecule has 5 nitrogen and oxygen atoms in total. The average Bonchev–Trinajstić information content (AvgIpc) is 2.58. The van der Waals surface area contributed by atoms with Crippen LogP contribution in [0.15, 0.2) is 24.3 Å². The van der Waals surface area contributed by atoms with Gasteiger partial charge in [0, 0.05) is 19.5 Å². The summed E-state index contributed by atoms with van der Waals surface area (Å²) in [7, 11) is 0. The minimum absolute atomic E-state index is 0. The molecule has 1 heterocycles. The van der Waals surface area contributed by atoms with Crippen molar-refractivity contribution in [3.8, 4) is 0 Å². The van der Waals surface area contributed by atoms with Crippen molar-refractivity contribution in [2.45, 2.75) is 25.7 Å². The lowest BCUT2D eigenvalue weighted by Gasteiger charge is -2.22. The number of hydrogen-bond donors (Lipinski definition) is 3. The van der Waals surface area contributed by atoms with Crippen LogP contribution >= 0.6 is 12.4 Å². The maximum Gasteiger partial charge on any atom is 0.254 e. The highest BCUT2D eigenvalue weighted by atomic mass is 35.5. The molecular weight excluding hydrogens is 333 g/mol. The molecule has 0 aromatic heterocycles. The molecule has 1 aromatic rings. The molecule has 1 aliphatic rings. The van der Waals surface area contributed by atoms with Gasteiger partial charge in [0.2, 0.25) is 5.91 Å². The van der Waals surface area contributed by atoms with Gasteiger partial charge in [-0.2, -0.15) is 0 Å². The molecule has 134 valence electrons. The van der Waals surface area contributed by atoms with Gasteiger partial charge in [-0.15, -0.1) is 12.4 Å². The summed E-state index contributed by atoms with van der Waals surface area (Å²) in [5.41, 5.74) is 0.0183. The van der Waals surface area contributed by atoms with Crippen molar-refractivity contribution >= 4 is 24.2 Å². The van der Waals surface area contributed by atoms with E-state index in [-0.39, 0.29) is 30.4 Å². The molecule has 0 atom stereocenters. The Bertz CT molecular complexity index is 536. The van der Waals surface area contributed by atoms with Crippen molar-refractivity contribution in [3.05, 3.63) is 35.6 Å². The fourth-order valence-electron chi connectivity index (χ4n) is 2.71. The Hall–Kier alpha value is -1.66. The fourth-order valence-corrected chi connectivity index (χ4v) is 2.71. The lowest BCUT2D eigenvalue weighted by Crippen LogP contribution is -2.35. The Morgan fingerprint density at radius 2 is 1.79 bits per heavy atom. The molecule has 7 heteroatoms. The number of benzene rings is 1. The summed E-state index contributed by atoms with van der Waals surface area (Å²) in [5, 5.41) is 8.68. The van der Waals surface area contributed by atoms with E-state index in [0.29, 0.717) is 18.9 Å². The molecule has 1 saturated heterocycles. The van der Waals surface area contributed by atoms with Crippen molar-refractivity contribution < 1.29 is 14.0 Å². The van der Waals surface area contributed by atoms with Crippen molar-refractivity contribution in [2.75, 3.05) is 26.2 Å². The largest absolute Gasteiger partial charge is 0.354 e. The molecule has 1 aromatic carbocycles. The predicted octanol–water partition coefficient (Wildman–Crippen LogP) is 1.87. The van der Waals surface area contributed by atoms with Crippen LogP contribution in [0.3, 0.4) is 0 Å². The van der Waals surface area contributed by atoms with E-state index in [2.05, 4.69) is 16.0 Å². The van der Waals surface area contributed by atoms with Gasteiger partial charge in [0.25, 0.3) is 5.91 Å². The van der Waals surface area contributed by atoms with Crippen LogP contribution in [-0.2, 0) is 4.79 Å². The molecule has 0 radical (unpaired) electrons. The highest BCUT2D eigenvalue weighted by molar-refractivity contribution is 5.94. The molecule has 0 unspecified atom stereocenters. The maximum atomic E-state index is 13.4. The third-order valence-corrected chi connectivity index (χ3v) is 4.09. The number of carbonyl (C=O) groups excluding carboxylic acids is 2. The van der Waals surface area contributed by atoms with Crippen LogP contribution in [0, 0.1) is 11.7 Å². The standard InChI is InChI=1S/C17H24FN3O2.ClH/c18-15-4-2-1-3-14(15)17(23)21-12-11-20-16(22)6-5-13-7-9-19-10-8-13;/h1-4,13,19H,5-12H2,(H,20,22)(H,21,23);1H. The zero-order chi connectivity index (χ0) is 16.5. The Balaban J connectivity index is 0.00000288. The van der Waals surface area contributed by atoms with Gasteiger partial charge >= 0.3 is 0 Å². The molecule has 3 N–H and O–H groups in total. The van der Waals surface area contributed by atoms with Gasteiger partial charge in [-0.3, -0.25) is 9.59 Å². The van der Waals surface area contributed by atoms with Gasteiger partial charge in [0.1, 0.15) is 5.82 Å². The van der Waals surface area contributed by atoms with Gasteiger partial charge in [0.15, 0.2) is 0 Å². The SMILES string of the molecule is Cl.O=C(CCC1CCNCC1)NCCNC(=O)c1ccccc1F. The maximum absolute atomic E-state index is 13.4. The van der Waals surface area contributed by atoms with Crippen LogP contribution < -0.4 is 16.0 Å². The fraction of sp³-hybridized carbons (Fsp3) is 0.529. The van der Waals surface area contributed by atoms with Crippen LogP contribution in [0.1, 0.15) is 36.0 Å². The summed E-state index contributed by atoms with van der Waals surface area (Å²) in [4.78, 5) is 23.5. The summed E-state index contributed by atoms with van der Waals surface area (Å²) >= 11 is 0. The first kappa shape index (κ1) is 20.4. The molecular formula is C17H25ClFN3O2.